The first-order valence-electron chi connectivity index (χ1n) is 23.3. The number of ether oxygens (including phenoxy) is 2. The number of aliphatic hydroxyl groups excluding tert-OH is 2. The van der Waals surface area contributed by atoms with Gasteiger partial charge < -0.3 is 41.4 Å². The first-order valence-corrected chi connectivity index (χ1v) is 23.3. The highest BCUT2D eigenvalue weighted by Gasteiger charge is 2.86. The number of ketones is 2. The topological polar surface area (TPSA) is 201 Å². The summed E-state index contributed by atoms with van der Waals surface area (Å²) in [6.07, 6.45) is 14.1. The molecule has 4 aliphatic rings. The third-order valence-electron chi connectivity index (χ3n) is 14.1. The summed E-state index contributed by atoms with van der Waals surface area (Å²) in [4.78, 5) is 54.7. The van der Waals surface area contributed by atoms with Crippen LogP contribution < -0.4 is 21.7 Å². The van der Waals surface area contributed by atoms with Crippen molar-refractivity contribution in [2.45, 2.75) is 122 Å². The van der Waals surface area contributed by atoms with E-state index in [-0.39, 0.29) is 36.1 Å². The van der Waals surface area contributed by atoms with Crippen LogP contribution in [-0.2, 0) is 33.5 Å². The Balaban J connectivity index is 1.25. The summed E-state index contributed by atoms with van der Waals surface area (Å²) >= 11 is 0. The fourth-order valence-corrected chi connectivity index (χ4v) is 10.8. The van der Waals surface area contributed by atoms with Gasteiger partial charge in [0.1, 0.15) is 17.7 Å². The molecule has 2 fully saturated rings. The number of carbonyl (C=O) groups excluding carboxylic acids is 3. The molecule has 3 heterocycles. The van der Waals surface area contributed by atoms with E-state index in [1.807, 2.05) is 38.2 Å². The number of anilines is 2. The van der Waals surface area contributed by atoms with Crippen molar-refractivity contribution in [3.05, 3.63) is 106 Å². The standard InChI is InChI=1S/C51H68N6O7/c1-6-54-41-25-36-12-8-7-11-35(36)24-40(41)42(15-10-22-58)63-48(62)51-47(61)45-37(27-49(3,4)26-34-18-19-43(52)56-29-34)13-9-14-39(45)46(60)50(51,64-51)28-38(30-59)32(2)16-17-33-20-21-55-44(23-33)57-31-53-5/h8-9,12-14,18-21,23,29,35-36,40-42,53-54,58-59H,6-7,10-11,15-17,22,24-28,30-31H2,1-5H3,(H2,52,56)(H,55,57). The number of nitrogen functional groups attached to an aromatic ring is 1. The highest BCUT2D eigenvalue weighted by Crippen LogP contribution is 2.60. The average Bonchev–Trinajstić information content (AvgIpc) is 3.99. The SMILES string of the molecule is CCNC1CC2C=CCCC2CC1C(CCCO)OC(=O)C12OC1(CC(CO)=C(C)CCc1ccnc(NCNC)c1)C(=O)c1cccc(CC(C)(C)Cc3ccc(N)nc3)c1C2=O. The van der Waals surface area contributed by atoms with Gasteiger partial charge in [-0.15, -0.1) is 0 Å². The zero-order valence-electron chi connectivity index (χ0n) is 38.3. The number of epoxide rings is 1. The molecule has 13 nitrogen and oxygen atoms in total. The maximum atomic E-state index is 15.5. The van der Waals surface area contributed by atoms with Gasteiger partial charge in [0.05, 0.1) is 13.3 Å². The smallest absolute Gasteiger partial charge is 0.350 e. The third-order valence-corrected chi connectivity index (χ3v) is 14.1. The molecule has 7 N–H and O–H groups in total. The number of rotatable bonds is 21. The van der Waals surface area contributed by atoms with Gasteiger partial charge in [0.2, 0.25) is 5.78 Å². The number of carbonyl (C=O) groups is 3. The molecule has 0 bridgehead atoms. The number of aliphatic hydroxyl groups is 2. The summed E-state index contributed by atoms with van der Waals surface area (Å²) in [6.45, 7) is 8.99. The Bertz CT molecular complexity index is 2220. The van der Waals surface area contributed by atoms with E-state index in [0.717, 1.165) is 54.7 Å². The quantitative estimate of drug-likeness (QED) is 0.0228. The molecule has 7 rings (SSSR count). The normalized spacial score (nSPS) is 25.7. The summed E-state index contributed by atoms with van der Waals surface area (Å²) in [5.74, 6) is -0.00116. The average molecular weight is 877 g/mol. The van der Waals surface area contributed by atoms with Crippen LogP contribution >= 0.6 is 0 Å². The molecule has 1 aliphatic heterocycles. The van der Waals surface area contributed by atoms with Crippen LogP contribution in [-0.4, -0.2) is 94.5 Å². The molecule has 64 heavy (non-hydrogen) atoms. The Labute approximate surface area is 378 Å². The van der Waals surface area contributed by atoms with Gasteiger partial charge in [0.15, 0.2) is 11.4 Å². The first-order chi connectivity index (χ1) is 30.8. The van der Waals surface area contributed by atoms with Crippen LogP contribution in [0.5, 0.6) is 0 Å². The van der Waals surface area contributed by atoms with E-state index in [9.17, 15) is 10.2 Å². The fraction of sp³-hybridized carbons (Fsp3) is 0.549. The van der Waals surface area contributed by atoms with Gasteiger partial charge in [-0.1, -0.05) is 62.8 Å². The summed E-state index contributed by atoms with van der Waals surface area (Å²) in [5.41, 5.74) is 5.72. The Kier molecular flexibility index (Phi) is 14.9. The van der Waals surface area contributed by atoms with Crippen molar-refractivity contribution in [1.29, 1.82) is 0 Å². The van der Waals surface area contributed by atoms with E-state index in [0.29, 0.717) is 74.0 Å². The lowest BCUT2D eigenvalue weighted by atomic mass is 9.66. The van der Waals surface area contributed by atoms with Crippen LogP contribution in [0.3, 0.4) is 0 Å². The Morgan fingerprint density at radius 1 is 1.08 bits per heavy atom. The summed E-state index contributed by atoms with van der Waals surface area (Å²) in [5, 5.41) is 31.0. The number of nitrogens with two attached hydrogens (primary N) is 1. The monoisotopic (exact) mass is 877 g/mol. The summed E-state index contributed by atoms with van der Waals surface area (Å²) in [7, 11) is 1.85. The van der Waals surface area contributed by atoms with Gasteiger partial charge >= 0.3 is 5.97 Å². The molecule has 3 aromatic rings. The van der Waals surface area contributed by atoms with Gasteiger partial charge in [-0.2, -0.15) is 0 Å². The number of aryl methyl sites for hydroxylation is 1. The predicted octanol–water partition coefficient (Wildman–Crippen LogP) is 6.33. The Hall–Kier alpha value is -4.79. The van der Waals surface area contributed by atoms with Crippen LogP contribution in [0.2, 0.25) is 0 Å². The lowest BCUT2D eigenvalue weighted by molar-refractivity contribution is -0.159. The van der Waals surface area contributed by atoms with E-state index < -0.39 is 46.9 Å². The molecule has 1 aromatic carbocycles. The molecule has 344 valence electrons. The van der Waals surface area contributed by atoms with Gasteiger partial charge in [-0.25, -0.2) is 14.8 Å². The number of pyridine rings is 2. The minimum atomic E-state index is -2.26. The van der Waals surface area contributed by atoms with Crippen LogP contribution in [0, 0.1) is 23.2 Å². The van der Waals surface area contributed by atoms with Crippen molar-refractivity contribution in [3.63, 3.8) is 0 Å². The Morgan fingerprint density at radius 2 is 1.91 bits per heavy atom. The number of hydrogen-bond acceptors (Lipinski definition) is 13. The molecule has 1 saturated carbocycles. The molecule has 7 unspecified atom stereocenters. The van der Waals surface area contributed by atoms with Crippen molar-refractivity contribution < 1.29 is 34.1 Å². The molecule has 0 spiro atoms. The van der Waals surface area contributed by atoms with Crippen molar-refractivity contribution in [2.24, 2.45) is 23.2 Å². The molecule has 7 atom stereocenters. The molecule has 2 aromatic heterocycles. The molecule has 1 saturated heterocycles. The zero-order chi connectivity index (χ0) is 45.6. The van der Waals surface area contributed by atoms with Crippen LogP contribution in [0.15, 0.2) is 78.2 Å². The minimum Gasteiger partial charge on any atom is -0.459 e. The lowest BCUT2D eigenvalue weighted by Crippen LogP contribution is -2.54. The Morgan fingerprint density at radius 3 is 2.64 bits per heavy atom. The number of nitrogens with one attached hydrogen (secondary N) is 3. The summed E-state index contributed by atoms with van der Waals surface area (Å²) < 4.78 is 13.2. The van der Waals surface area contributed by atoms with E-state index in [4.69, 9.17) is 15.2 Å². The third kappa shape index (κ3) is 9.74. The van der Waals surface area contributed by atoms with Gasteiger partial charge in [0.25, 0.3) is 5.60 Å². The zero-order valence-corrected chi connectivity index (χ0v) is 38.3. The van der Waals surface area contributed by atoms with Crippen molar-refractivity contribution in [1.82, 2.24) is 20.6 Å². The molecule has 0 amide bonds. The van der Waals surface area contributed by atoms with E-state index >= 15 is 14.4 Å². The molecular weight excluding hydrogens is 809 g/mol. The second-order valence-electron chi connectivity index (χ2n) is 19.2. The molecule has 13 heteroatoms. The van der Waals surface area contributed by atoms with E-state index in [1.165, 1.54) is 0 Å². The number of nitrogens with zero attached hydrogens (tertiary/aromatic N) is 2. The van der Waals surface area contributed by atoms with Crippen molar-refractivity contribution >= 4 is 29.2 Å². The van der Waals surface area contributed by atoms with E-state index in [2.05, 4.69) is 58.8 Å². The van der Waals surface area contributed by atoms with Gasteiger partial charge in [-0.05, 0) is 142 Å². The maximum Gasteiger partial charge on any atom is 0.350 e. The number of benzene rings is 1. The highest BCUT2D eigenvalue weighted by molar-refractivity contribution is 6.33. The number of aromatic nitrogens is 2. The van der Waals surface area contributed by atoms with Crippen LogP contribution in [0.1, 0.15) is 116 Å². The predicted molar refractivity (Wildman–Crippen MR) is 248 cm³/mol. The maximum absolute atomic E-state index is 15.5. The van der Waals surface area contributed by atoms with E-state index in [1.54, 1.807) is 30.6 Å². The first kappa shape index (κ1) is 47.2. The second-order valence-corrected chi connectivity index (χ2v) is 19.2. The summed E-state index contributed by atoms with van der Waals surface area (Å²) in [6, 6.07) is 12.9. The number of esters is 1. The largest absolute Gasteiger partial charge is 0.459 e. The van der Waals surface area contributed by atoms with Gasteiger partial charge in [-0.3, -0.25) is 9.59 Å². The second kappa shape index (κ2) is 20.2. The fourth-order valence-electron chi connectivity index (χ4n) is 10.8. The number of allylic oxidation sites excluding steroid dienone is 3. The number of hydrogen-bond donors (Lipinski definition) is 6. The van der Waals surface area contributed by atoms with Crippen LogP contribution in [0.25, 0.3) is 0 Å². The lowest BCUT2D eigenvalue weighted by Gasteiger charge is -2.45. The van der Waals surface area contributed by atoms with Crippen LogP contribution in [0.4, 0.5) is 11.6 Å². The van der Waals surface area contributed by atoms with Crippen molar-refractivity contribution in [3.8, 4) is 0 Å². The molecule has 3 aliphatic carbocycles. The molecule has 0 radical (unpaired) electrons. The van der Waals surface area contributed by atoms with Crippen molar-refractivity contribution in [2.75, 3.05) is 44.5 Å². The minimum absolute atomic E-state index is 0.0459. The highest BCUT2D eigenvalue weighted by atomic mass is 16.7. The molecular formula is C51H68N6O7. The number of Topliss-reactive ketones (excluding diaryl/α,β-unsaturated/α-hetero) is 2. The number of fused-ring (bicyclic) bond motifs is 3. The van der Waals surface area contributed by atoms with Gasteiger partial charge in [0, 0.05) is 48.5 Å².